The Morgan fingerprint density at radius 1 is 0.806 bits per heavy atom. The number of hydrogen-bond acceptors (Lipinski definition) is 10. The van der Waals surface area contributed by atoms with Crippen molar-refractivity contribution in [1.82, 2.24) is 4.90 Å². The van der Waals surface area contributed by atoms with Gasteiger partial charge in [0.05, 0.1) is 59.0 Å². The number of carbonyl (C=O) groups excluding carboxylic acids is 4. The van der Waals surface area contributed by atoms with Crippen LogP contribution in [0.15, 0.2) is 89.7 Å². The van der Waals surface area contributed by atoms with E-state index in [0.717, 1.165) is 32.6 Å². The monoisotopic (exact) mass is 867 g/mol. The molecule has 3 aliphatic rings. The molecule has 0 radical (unpaired) electrons. The van der Waals surface area contributed by atoms with Gasteiger partial charge in [0.25, 0.3) is 0 Å². The van der Waals surface area contributed by atoms with Gasteiger partial charge in [-0.1, -0.05) is 87.9 Å². The van der Waals surface area contributed by atoms with Gasteiger partial charge in [-0.3, -0.25) is 24.1 Å². The van der Waals surface area contributed by atoms with Crippen LogP contribution in [-0.4, -0.2) is 97.4 Å². The van der Waals surface area contributed by atoms with Crippen molar-refractivity contribution in [3.63, 3.8) is 0 Å². The molecule has 11 nitrogen and oxygen atoms in total. The molecule has 0 heterocycles. The van der Waals surface area contributed by atoms with Gasteiger partial charge in [0.1, 0.15) is 22.8 Å². The van der Waals surface area contributed by atoms with Gasteiger partial charge in [-0.05, 0) is 95.9 Å². The topological polar surface area (TPSA) is 185 Å². The molecule has 0 aliphatic heterocycles. The zero-order valence-corrected chi connectivity index (χ0v) is 37.8. The fourth-order valence-corrected chi connectivity index (χ4v) is 15.2. The Labute approximate surface area is 366 Å². The number of aliphatic hydroxyl groups excluding tert-OH is 3. The highest BCUT2D eigenvalue weighted by atomic mass is 31.2. The van der Waals surface area contributed by atoms with Gasteiger partial charge in [-0.25, -0.2) is 0 Å². The molecule has 0 saturated heterocycles. The Morgan fingerprint density at radius 3 is 1.85 bits per heavy atom. The first-order chi connectivity index (χ1) is 29.5. The van der Waals surface area contributed by atoms with Crippen LogP contribution in [0.5, 0.6) is 5.75 Å². The lowest BCUT2D eigenvalue weighted by molar-refractivity contribution is -0.169. The van der Waals surface area contributed by atoms with Crippen LogP contribution in [0.2, 0.25) is 0 Å². The molecule has 3 aliphatic carbocycles. The van der Waals surface area contributed by atoms with E-state index in [4.69, 9.17) is 0 Å². The van der Waals surface area contributed by atoms with Crippen LogP contribution in [0.4, 0.5) is 5.69 Å². The fourth-order valence-electron chi connectivity index (χ4n) is 10.6. The summed E-state index contributed by atoms with van der Waals surface area (Å²) in [5, 5.41) is 63.8. The van der Waals surface area contributed by atoms with E-state index in [0.29, 0.717) is 17.6 Å². The van der Waals surface area contributed by atoms with E-state index in [1.807, 2.05) is 0 Å². The number of nitrogens with one attached hydrogen (secondary N) is 1. The second-order valence-corrected chi connectivity index (χ2v) is 22.3. The number of amides is 1. The SMILES string of the molecule is CC(=O)C1=C(O)[C@@]2(O)C(=O)C3=C(O)c4c(ccc(NC(=O)CCCCCCCCCCC[P+](c5ccccc5)(c5ccccc5)C(C)C)c4O)[C@H](C)[C@H]3[C@H](O)[C@H]2[C@H](N(C)C)C1=O. The second kappa shape index (κ2) is 19.4. The number of nitrogens with zero attached hydrogens (tertiary/aromatic N) is 1. The van der Waals surface area contributed by atoms with Gasteiger partial charge < -0.3 is 30.8 Å². The van der Waals surface area contributed by atoms with Crippen molar-refractivity contribution in [3.8, 4) is 5.75 Å². The van der Waals surface area contributed by atoms with E-state index in [9.17, 15) is 44.7 Å². The summed E-state index contributed by atoms with van der Waals surface area (Å²) in [6.07, 6.45) is 9.39. The lowest BCUT2D eigenvalue weighted by atomic mass is 9.54. The Morgan fingerprint density at radius 2 is 1.34 bits per heavy atom. The normalized spacial score (nSPS) is 23.7. The van der Waals surface area contributed by atoms with Crippen LogP contribution >= 0.6 is 7.26 Å². The van der Waals surface area contributed by atoms with E-state index in [-0.39, 0.29) is 23.6 Å². The largest absolute Gasteiger partial charge is 0.508 e. The molecule has 62 heavy (non-hydrogen) atoms. The molecule has 0 bridgehead atoms. The van der Waals surface area contributed by atoms with Crippen molar-refractivity contribution in [2.45, 2.75) is 121 Å². The average molecular weight is 868 g/mol. The summed E-state index contributed by atoms with van der Waals surface area (Å²) in [7, 11) is 1.46. The number of benzene rings is 3. The highest BCUT2D eigenvalue weighted by molar-refractivity contribution is 7.90. The molecule has 6 N–H and O–H groups in total. The highest BCUT2D eigenvalue weighted by Gasteiger charge is 2.68. The quantitative estimate of drug-likeness (QED) is 0.0324. The van der Waals surface area contributed by atoms with Crippen LogP contribution in [0.3, 0.4) is 0 Å². The average Bonchev–Trinajstić information content (AvgIpc) is 3.23. The molecule has 1 saturated carbocycles. The van der Waals surface area contributed by atoms with Crippen molar-refractivity contribution in [1.29, 1.82) is 0 Å². The summed E-state index contributed by atoms with van der Waals surface area (Å²) >= 11 is 0. The maximum atomic E-state index is 14.3. The van der Waals surface area contributed by atoms with Crippen LogP contribution in [0.25, 0.3) is 5.76 Å². The third-order valence-electron chi connectivity index (χ3n) is 13.7. The Bertz CT molecular complexity index is 2180. The third-order valence-corrected chi connectivity index (χ3v) is 19.0. The first-order valence-electron chi connectivity index (χ1n) is 22.2. The molecule has 0 spiro atoms. The van der Waals surface area contributed by atoms with Crippen LogP contribution in [0.1, 0.15) is 109 Å². The Hall–Kier alpha value is -4.67. The fraction of sp³-hybridized carbons (Fsp3) is 0.480. The highest BCUT2D eigenvalue weighted by Crippen LogP contribution is 2.61. The predicted molar refractivity (Wildman–Crippen MR) is 246 cm³/mol. The number of rotatable bonds is 18. The number of anilines is 1. The molecule has 1 amide bonds. The molecule has 1 fully saturated rings. The standard InChI is InChI=1S/C50H63N2O9P/c1-30(2)62(33-22-16-14-17-23-33,34-24-18-15-19-25-34)29-21-13-11-9-7-8-10-12-20-26-37(54)51-36-28-27-35-31(3)38-41(45(56)40(35)44(36)55)49(60)50(61)42(46(38)57)43(52(5)6)47(58)39(32(4)53)48(50)59/h14-19,22-25,27-28,30-31,38,42-43,46,57,61H,7-13,20-21,26,29H2,1-6H3,(H3-,51,53,54,55,56,58,59,60)/p+1/t31-,38+,42+,43-,46-,50+/m0/s1. The number of likely N-dealkylation sites (N-methyl/N-ethyl adjacent to an activating group) is 1. The summed E-state index contributed by atoms with van der Waals surface area (Å²) < 4.78 is 0. The smallest absolute Gasteiger partial charge is 0.224 e. The zero-order valence-electron chi connectivity index (χ0n) is 36.9. The van der Waals surface area contributed by atoms with Gasteiger partial charge in [-0.15, -0.1) is 0 Å². The van der Waals surface area contributed by atoms with Crippen LogP contribution < -0.4 is 15.9 Å². The van der Waals surface area contributed by atoms with E-state index < -0.39 is 88.5 Å². The number of fused-ring (bicyclic) bond motifs is 3. The first-order valence-corrected chi connectivity index (χ1v) is 24.2. The summed E-state index contributed by atoms with van der Waals surface area (Å²) in [4.78, 5) is 54.7. The van der Waals surface area contributed by atoms with Crippen LogP contribution in [-0.2, 0) is 19.2 Å². The van der Waals surface area contributed by atoms with Gasteiger partial charge in [-0.2, -0.15) is 0 Å². The lowest BCUT2D eigenvalue weighted by Crippen LogP contribution is -2.70. The van der Waals surface area contributed by atoms with E-state index >= 15 is 0 Å². The summed E-state index contributed by atoms with van der Waals surface area (Å²) in [6.45, 7) is 7.46. The minimum absolute atomic E-state index is 0.0183. The Balaban J connectivity index is 1.02. The molecule has 12 heteroatoms. The number of aliphatic hydroxyl groups is 4. The van der Waals surface area contributed by atoms with Gasteiger partial charge in [0.15, 0.2) is 17.2 Å². The van der Waals surface area contributed by atoms with Crippen LogP contribution in [0, 0.1) is 11.8 Å². The predicted octanol–water partition coefficient (Wildman–Crippen LogP) is 7.52. The lowest BCUT2D eigenvalue weighted by Gasteiger charge is -2.53. The first kappa shape index (κ1) is 46.8. The van der Waals surface area contributed by atoms with E-state index in [1.54, 1.807) is 13.0 Å². The van der Waals surface area contributed by atoms with Crippen molar-refractivity contribution in [3.05, 3.63) is 101 Å². The van der Waals surface area contributed by atoms with Gasteiger partial charge in [0, 0.05) is 17.9 Å². The number of ketones is 3. The van der Waals surface area contributed by atoms with Gasteiger partial charge >= 0.3 is 0 Å². The number of aromatic hydroxyl groups is 1. The molecule has 0 aromatic heterocycles. The van der Waals surface area contributed by atoms with Gasteiger partial charge in [0.2, 0.25) is 11.7 Å². The summed E-state index contributed by atoms with van der Waals surface area (Å²) in [5.41, 5.74) is -3.31. The summed E-state index contributed by atoms with van der Waals surface area (Å²) in [6, 6.07) is 23.9. The number of phenols is 1. The van der Waals surface area contributed by atoms with E-state index in [2.05, 4.69) is 79.8 Å². The number of hydrogen-bond donors (Lipinski definition) is 6. The van der Waals surface area contributed by atoms with Crippen molar-refractivity contribution in [2.75, 3.05) is 25.6 Å². The van der Waals surface area contributed by atoms with E-state index in [1.165, 1.54) is 67.5 Å². The molecule has 3 aromatic carbocycles. The van der Waals surface area contributed by atoms with Crippen molar-refractivity contribution in [2.24, 2.45) is 11.8 Å². The van der Waals surface area contributed by atoms with Crippen molar-refractivity contribution < 1.29 is 44.7 Å². The maximum Gasteiger partial charge on any atom is 0.224 e. The molecule has 6 atom stereocenters. The summed E-state index contributed by atoms with van der Waals surface area (Å²) in [5.74, 6) is -9.06. The number of phenolic OH excluding ortho intramolecular Hbond substituents is 1. The minimum atomic E-state index is -2.92. The molecule has 0 unspecified atom stereocenters. The van der Waals surface area contributed by atoms with Crippen molar-refractivity contribution >= 4 is 52.6 Å². The molecule has 6 rings (SSSR count). The molecule has 3 aromatic rings. The molecular weight excluding hydrogens is 804 g/mol. The third kappa shape index (κ3) is 8.41. The number of Topliss-reactive ketones (excluding diaryl/α,β-unsaturated/α-hetero) is 3. The molecular formula is C50H64N2O9P+. The second-order valence-electron chi connectivity index (χ2n) is 18.0. The maximum absolute atomic E-state index is 14.3. The minimum Gasteiger partial charge on any atom is -0.508 e. The number of unbranched alkanes of at least 4 members (excludes halogenated alkanes) is 8. The number of carbonyl (C=O) groups is 4. The molecule has 332 valence electrons. The Kier molecular flexibility index (Phi) is 14.6. The zero-order chi connectivity index (χ0) is 45.1.